The largest absolute Gasteiger partial charge is 0.466 e. The van der Waals surface area contributed by atoms with E-state index in [0.717, 1.165) is 41.7 Å². The number of morpholine rings is 1. The number of esters is 1. The second-order valence-corrected chi connectivity index (χ2v) is 27.2. The maximum atomic E-state index is 15.2. The Labute approximate surface area is 551 Å². The molecule has 0 aromatic carbocycles. The molecule has 526 valence electrons. The first-order valence-electron chi connectivity index (χ1n) is 32.4. The molecule has 1 rings (SSSR count). The zero-order valence-corrected chi connectivity index (χ0v) is 59.6. The molecule has 27 nitrogen and oxygen atoms in total. The van der Waals surface area contributed by atoms with Crippen molar-refractivity contribution in [3.63, 3.8) is 0 Å². The van der Waals surface area contributed by atoms with Crippen molar-refractivity contribution in [3.8, 4) is 0 Å². The number of hydrogen-bond acceptors (Lipinski definition) is 17. The van der Waals surface area contributed by atoms with Gasteiger partial charge in [-0.2, -0.15) is 0 Å². The van der Waals surface area contributed by atoms with E-state index in [0.29, 0.717) is 50.3 Å². The Morgan fingerprint density at radius 2 is 1.21 bits per heavy atom. The molecule has 1 fully saturated rings. The number of thioether (sulfide) groups is 1. The fourth-order valence-electron chi connectivity index (χ4n) is 10.4. The van der Waals surface area contributed by atoms with Crippen LogP contribution in [0.1, 0.15) is 154 Å². The van der Waals surface area contributed by atoms with Gasteiger partial charge < -0.3 is 55.0 Å². The minimum absolute atomic E-state index is 0.00302. The summed E-state index contributed by atoms with van der Waals surface area (Å²) in [5, 5.41) is 21.5. The number of allylic oxidation sites excluding steroid dienone is 2. The normalized spacial score (nSPS) is 15.7. The van der Waals surface area contributed by atoms with Crippen LogP contribution in [0.4, 0.5) is 14.4 Å². The maximum absolute atomic E-state index is 15.2. The minimum Gasteiger partial charge on any atom is -0.466 e. The fraction of sp³-hybridized carbons (Fsp3) is 0.781. The van der Waals surface area contributed by atoms with Gasteiger partial charge in [-0.05, 0) is 122 Å². The number of nitrogens with zero attached hydrogens (tertiary/aromatic N) is 7. The van der Waals surface area contributed by atoms with Gasteiger partial charge in [0.05, 0.1) is 31.3 Å². The van der Waals surface area contributed by atoms with Crippen molar-refractivity contribution in [1.29, 1.82) is 0 Å². The van der Waals surface area contributed by atoms with Crippen molar-refractivity contribution in [2.24, 2.45) is 29.6 Å². The molecule has 9 atom stereocenters. The molecule has 1 saturated heterocycles. The van der Waals surface area contributed by atoms with E-state index in [1.54, 1.807) is 20.9 Å². The Kier molecular flexibility index (Phi) is 37.6. The number of rotatable bonds is 37. The molecule has 0 radical (unpaired) electrons. The number of amides is 14. The van der Waals surface area contributed by atoms with Crippen molar-refractivity contribution in [1.82, 2.24) is 60.9 Å². The van der Waals surface area contributed by atoms with Gasteiger partial charge in [0.25, 0.3) is 11.8 Å². The third kappa shape index (κ3) is 28.5. The first kappa shape index (κ1) is 83.6. The summed E-state index contributed by atoms with van der Waals surface area (Å²) in [5.41, 5.74) is -1.69. The molecule has 1 heterocycles. The topological polar surface area (TPSA) is 326 Å². The van der Waals surface area contributed by atoms with E-state index in [4.69, 9.17) is 9.47 Å². The number of likely N-dealkylation sites (N-methyl/N-ethyl adjacent to an activating group) is 6. The van der Waals surface area contributed by atoms with Crippen LogP contribution in [-0.2, 0) is 52.6 Å². The van der Waals surface area contributed by atoms with Gasteiger partial charge in [-0.25, -0.2) is 19.3 Å². The summed E-state index contributed by atoms with van der Waals surface area (Å²) < 4.78 is 11.0. The van der Waals surface area contributed by atoms with Crippen molar-refractivity contribution >= 4 is 83.1 Å². The number of ether oxygens (including phenoxy) is 2. The van der Waals surface area contributed by atoms with Gasteiger partial charge in [-0.3, -0.25) is 58.7 Å². The van der Waals surface area contributed by atoms with Gasteiger partial charge in [0.15, 0.2) is 5.37 Å². The summed E-state index contributed by atoms with van der Waals surface area (Å²) in [5.74, 6) is -6.16. The van der Waals surface area contributed by atoms with Crippen LogP contribution in [0.25, 0.3) is 0 Å². The molecule has 1 unspecified atom stereocenters. The molecular formula is C64H114N12O15S. The number of imide groups is 3. The highest BCUT2D eigenvalue weighted by Gasteiger charge is 2.42. The molecule has 1 aliphatic rings. The quantitative estimate of drug-likeness (QED) is 0.0285. The predicted molar refractivity (Wildman–Crippen MR) is 353 cm³/mol. The molecule has 28 heteroatoms. The van der Waals surface area contributed by atoms with Gasteiger partial charge in [-0.15, -0.1) is 11.8 Å². The Bertz CT molecular complexity index is 2470. The Morgan fingerprint density at radius 3 is 1.74 bits per heavy atom. The van der Waals surface area contributed by atoms with Crippen LogP contribution in [0.5, 0.6) is 0 Å². The lowest BCUT2D eigenvalue weighted by molar-refractivity contribution is -0.148. The molecule has 0 aliphatic carbocycles. The molecule has 0 spiro atoms. The highest BCUT2D eigenvalue weighted by atomic mass is 32.2. The molecule has 0 aromatic heterocycles. The smallest absolute Gasteiger partial charge is 0.333 e. The molecule has 0 aromatic rings. The number of nitrogens with one attached hydrogen (secondary N) is 5. The third-order valence-electron chi connectivity index (χ3n) is 16.0. The second-order valence-electron chi connectivity index (χ2n) is 26.0. The van der Waals surface area contributed by atoms with E-state index in [1.807, 2.05) is 72.9 Å². The molecule has 6 N–H and O–H groups in total. The number of hydrogen-bond donors (Lipinski definition) is 6. The second kappa shape index (κ2) is 41.3. The third-order valence-corrected chi connectivity index (χ3v) is 17.3. The van der Waals surface area contributed by atoms with E-state index >= 15 is 4.79 Å². The van der Waals surface area contributed by atoms with E-state index in [1.165, 1.54) is 70.7 Å². The summed E-state index contributed by atoms with van der Waals surface area (Å²) in [6, 6.07) is -11.0. The van der Waals surface area contributed by atoms with Crippen LogP contribution in [0.15, 0.2) is 12.2 Å². The highest BCUT2D eigenvalue weighted by Crippen LogP contribution is 2.27. The van der Waals surface area contributed by atoms with Crippen LogP contribution in [0.3, 0.4) is 0 Å². The summed E-state index contributed by atoms with van der Waals surface area (Å²) in [4.78, 5) is 176. The molecule has 14 amide bonds. The van der Waals surface area contributed by atoms with Crippen LogP contribution >= 0.6 is 11.8 Å². The van der Waals surface area contributed by atoms with E-state index in [-0.39, 0.29) is 79.9 Å². The van der Waals surface area contributed by atoms with Crippen LogP contribution < -0.4 is 26.6 Å². The Morgan fingerprint density at radius 1 is 0.652 bits per heavy atom. The van der Waals surface area contributed by atoms with Crippen molar-refractivity contribution in [2.45, 2.75) is 201 Å². The van der Waals surface area contributed by atoms with Gasteiger partial charge in [-0.1, -0.05) is 67.5 Å². The van der Waals surface area contributed by atoms with E-state index < -0.39 is 119 Å². The summed E-state index contributed by atoms with van der Waals surface area (Å²) >= 11 is 0.989. The van der Waals surface area contributed by atoms with Crippen molar-refractivity contribution in [2.75, 3.05) is 94.5 Å². The van der Waals surface area contributed by atoms with Crippen LogP contribution in [0, 0.1) is 29.6 Å². The van der Waals surface area contributed by atoms with Crippen molar-refractivity contribution in [3.05, 3.63) is 12.2 Å². The molecular weight excluding hydrogens is 1210 g/mol. The molecule has 0 bridgehead atoms. The lowest BCUT2D eigenvalue weighted by Crippen LogP contribution is -2.60. The lowest BCUT2D eigenvalue weighted by Gasteiger charge is -2.37. The first-order chi connectivity index (χ1) is 42.9. The van der Waals surface area contributed by atoms with Gasteiger partial charge in [0.2, 0.25) is 35.4 Å². The SMILES string of the molecule is C/C=C/C[C@@H](C)C[C@@H](C(=O)N[C@@H](CC)C(=O)N(C)[C@H](SCC[C@@H](CCCN1CCOCC1)C(=O)OCC)C(=O)N(C)[C@@H](CC(C)(C)O)C(=O)NC(=O)N(C)C(=O)NC(=O)N[C@@H](C)C(=O)N(C)[C@@H](CC(C)C)C(=O)N(C)C(CC(C)C)C(=O)NC)N(C)C(=O)CC(C)C. The summed E-state index contributed by atoms with van der Waals surface area (Å²) in [6.45, 7) is 26.1. The molecule has 0 saturated carbocycles. The maximum Gasteiger partial charge on any atom is 0.333 e. The monoisotopic (exact) mass is 1320 g/mol. The lowest BCUT2D eigenvalue weighted by atomic mass is 9.95. The first-order valence-corrected chi connectivity index (χ1v) is 33.4. The van der Waals surface area contributed by atoms with Gasteiger partial charge in [0.1, 0.15) is 36.3 Å². The Balaban J connectivity index is 3.65. The summed E-state index contributed by atoms with van der Waals surface area (Å²) in [7, 11) is 9.43. The van der Waals surface area contributed by atoms with E-state index in [2.05, 4.69) is 26.2 Å². The zero-order chi connectivity index (χ0) is 70.5. The Hall–Kier alpha value is -6.39. The van der Waals surface area contributed by atoms with Gasteiger partial charge >= 0.3 is 24.1 Å². The number of carbonyl (C=O) groups is 12. The number of urea groups is 3. The standard InChI is InChI=1S/C64H114N12O15S/c1-21-24-26-43(10)38-48(70(15)51(77)37-42(8)9)53(79)67-46(22-2)56(82)74(19)59(92-34-28-45(60(85)91-23-3)27-25-29-76-30-32-90-33-31-76)58(84)73(18)50(39-64(12,13)89)54(80)68-62(87)75(20)63(88)69-61(86)66-44(11)55(81)72(17)49(36-41(6)7)57(83)71(16)47(35-40(4)5)52(78)65-14/h21,24,40-50,59,89H,22-23,25-39H2,1-20H3,(H,65,78)(H,67,79)(H,68,80,87)(H2,66,69,86,88)/b24-21+/t43-,44+,45-,46+,47?,48+,49+,50+,59-/m1/s1. The highest BCUT2D eigenvalue weighted by molar-refractivity contribution is 8.00. The average Bonchev–Trinajstić information content (AvgIpc) is 0.845. The van der Waals surface area contributed by atoms with Crippen LogP contribution in [0.2, 0.25) is 0 Å². The fourth-order valence-corrected chi connectivity index (χ4v) is 11.7. The summed E-state index contributed by atoms with van der Waals surface area (Å²) in [6.07, 6.45) is 6.40. The van der Waals surface area contributed by atoms with E-state index in [9.17, 15) is 57.8 Å². The zero-order valence-electron chi connectivity index (χ0n) is 58.8. The number of carbonyl (C=O) groups excluding carboxylic acids is 12. The molecule has 92 heavy (non-hydrogen) atoms. The predicted octanol–water partition coefficient (Wildman–Crippen LogP) is 4.40. The van der Waals surface area contributed by atoms with Gasteiger partial charge in [0, 0.05) is 75.3 Å². The minimum atomic E-state index is -1.69. The van der Waals surface area contributed by atoms with Crippen LogP contribution in [-0.4, -0.2) is 252 Å². The molecule has 1 aliphatic heterocycles. The average molecular weight is 1320 g/mol. The number of aliphatic hydroxyl groups is 1. The van der Waals surface area contributed by atoms with Crippen molar-refractivity contribution < 1.29 is 72.1 Å².